The Morgan fingerprint density at radius 2 is 1.73 bits per heavy atom. The lowest BCUT2D eigenvalue weighted by Gasteiger charge is -2.37. The van der Waals surface area contributed by atoms with E-state index in [0.717, 1.165) is 25.7 Å². The van der Waals surface area contributed by atoms with Crippen molar-refractivity contribution in [3.8, 4) is 0 Å². The van der Waals surface area contributed by atoms with Gasteiger partial charge >= 0.3 is 6.09 Å². The van der Waals surface area contributed by atoms with Gasteiger partial charge in [-0.25, -0.2) is 4.79 Å². The Bertz CT molecular complexity index is 363. The van der Waals surface area contributed by atoms with E-state index in [0.29, 0.717) is 19.6 Å². The SMILES string of the molecule is CC(C)(C)OC(=O)N(CCNCC1(O)CCCC1)C(C)(C)C. The molecule has 0 spiro atoms. The Hall–Kier alpha value is -0.810. The summed E-state index contributed by atoms with van der Waals surface area (Å²) in [6.45, 7) is 13.4. The van der Waals surface area contributed by atoms with Crippen LogP contribution in [0.4, 0.5) is 4.79 Å². The van der Waals surface area contributed by atoms with Gasteiger partial charge in [0.15, 0.2) is 0 Å². The van der Waals surface area contributed by atoms with E-state index in [1.165, 1.54) is 0 Å². The molecule has 0 heterocycles. The van der Waals surface area contributed by atoms with Crippen molar-refractivity contribution in [3.63, 3.8) is 0 Å². The van der Waals surface area contributed by atoms with Crippen LogP contribution in [0.15, 0.2) is 0 Å². The summed E-state index contributed by atoms with van der Waals surface area (Å²) >= 11 is 0. The van der Waals surface area contributed by atoms with Gasteiger partial charge in [0.05, 0.1) is 5.60 Å². The topological polar surface area (TPSA) is 61.8 Å². The molecule has 1 fully saturated rings. The van der Waals surface area contributed by atoms with Crippen LogP contribution in [-0.4, -0.2) is 52.5 Å². The van der Waals surface area contributed by atoms with Crippen molar-refractivity contribution in [2.45, 2.75) is 84.0 Å². The van der Waals surface area contributed by atoms with Crippen molar-refractivity contribution < 1.29 is 14.6 Å². The zero-order valence-corrected chi connectivity index (χ0v) is 15.2. The van der Waals surface area contributed by atoms with E-state index in [-0.39, 0.29) is 11.6 Å². The predicted molar refractivity (Wildman–Crippen MR) is 89.0 cm³/mol. The molecule has 0 bridgehead atoms. The van der Waals surface area contributed by atoms with Crippen LogP contribution < -0.4 is 5.32 Å². The minimum absolute atomic E-state index is 0.290. The molecule has 0 aromatic carbocycles. The van der Waals surface area contributed by atoms with Crippen LogP contribution in [0.5, 0.6) is 0 Å². The molecule has 1 amide bonds. The highest BCUT2D eigenvalue weighted by Gasteiger charge is 2.32. The second-order valence-corrected chi connectivity index (χ2v) is 8.41. The number of hydrogen-bond acceptors (Lipinski definition) is 4. The molecule has 0 aromatic heterocycles. The Morgan fingerprint density at radius 3 is 2.18 bits per heavy atom. The van der Waals surface area contributed by atoms with Crippen LogP contribution in [0.25, 0.3) is 0 Å². The Labute approximate surface area is 135 Å². The summed E-state index contributed by atoms with van der Waals surface area (Å²) in [5.74, 6) is 0. The Morgan fingerprint density at radius 1 is 1.18 bits per heavy atom. The van der Waals surface area contributed by atoms with Gasteiger partial charge in [0.2, 0.25) is 0 Å². The van der Waals surface area contributed by atoms with Gasteiger partial charge in [0.25, 0.3) is 0 Å². The average Bonchev–Trinajstić information content (AvgIpc) is 2.71. The van der Waals surface area contributed by atoms with E-state index in [9.17, 15) is 9.90 Å². The molecule has 0 radical (unpaired) electrons. The molecule has 1 aliphatic carbocycles. The molecule has 0 unspecified atom stereocenters. The zero-order chi connectivity index (χ0) is 17.0. The summed E-state index contributed by atoms with van der Waals surface area (Å²) in [7, 11) is 0. The first kappa shape index (κ1) is 19.2. The van der Waals surface area contributed by atoms with Gasteiger partial charge < -0.3 is 20.1 Å². The Balaban J connectivity index is 2.47. The van der Waals surface area contributed by atoms with Crippen LogP contribution >= 0.6 is 0 Å². The number of aliphatic hydroxyl groups is 1. The largest absolute Gasteiger partial charge is 0.444 e. The summed E-state index contributed by atoms with van der Waals surface area (Å²) in [5, 5.41) is 13.6. The molecular formula is C17H34N2O3. The molecule has 2 N–H and O–H groups in total. The third-order valence-electron chi connectivity index (χ3n) is 3.92. The van der Waals surface area contributed by atoms with E-state index in [1.807, 2.05) is 41.5 Å². The minimum atomic E-state index is -0.557. The van der Waals surface area contributed by atoms with Crippen molar-refractivity contribution in [3.05, 3.63) is 0 Å². The number of ether oxygens (including phenoxy) is 1. The number of carbonyl (C=O) groups is 1. The van der Waals surface area contributed by atoms with Crippen LogP contribution in [0.1, 0.15) is 67.2 Å². The van der Waals surface area contributed by atoms with Crippen molar-refractivity contribution in [2.24, 2.45) is 0 Å². The summed E-state index contributed by atoms with van der Waals surface area (Å²) in [4.78, 5) is 14.1. The number of carbonyl (C=O) groups excluding carboxylic acids is 1. The van der Waals surface area contributed by atoms with E-state index < -0.39 is 11.2 Å². The number of rotatable bonds is 5. The third-order valence-corrected chi connectivity index (χ3v) is 3.92. The molecule has 1 rings (SSSR count). The number of nitrogens with zero attached hydrogens (tertiary/aromatic N) is 1. The van der Waals surface area contributed by atoms with Gasteiger partial charge in [0.1, 0.15) is 5.60 Å². The summed E-state index contributed by atoms with van der Waals surface area (Å²) in [5.41, 5.74) is -1.35. The van der Waals surface area contributed by atoms with E-state index in [2.05, 4.69) is 5.32 Å². The average molecular weight is 314 g/mol. The minimum Gasteiger partial charge on any atom is -0.444 e. The monoisotopic (exact) mass is 314 g/mol. The molecule has 1 saturated carbocycles. The molecule has 0 atom stereocenters. The van der Waals surface area contributed by atoms with Gasteiger partial charge in [-0.15, -0.1) is 0 Å². The highest BCUT2D eigenvalue weighted by Crippen LogP contribution is 2.28. The highest BCUT2D eigenvalue weighted by molar-refractivity contribution is 5.69. The standard InChI is InChI=1S/C17H34N2O3/c1-15(2,3)19(14(20)22-16(4,5)6)12-11-18-13-17(21)9-7-8-10-17/h18,21H,7-13H2,1-6H3. The van der Waals surface area contributed by atoms with Crippen molar-refractivity contribution >= 4 is 6.09 Å². The maximum atomic E-state index is 12.3. The fraction of sp³-hybridized carbons (Fsp3) is 0.941. The molecular weight excluding hydrogens is 280 g/mol. The van der Waals surface area contributed by atoms with Crippen molar-refractivity contribution in [2.75, 3.05) is 19.6 Å². The van der Waals surface area contributed by atoms with Gasteiger partial charge in [-0.1, -0.05) is 12.8 Å². The van der Waals surface area contributed by atoms with Gasteiger partial charge in [-0.05, 0) is 54.4 Å². The van der Waals surface area contributed by atoms with Gasteiger partial charge in [-0.3, -0.25) is 0 Å². The van der Waals surface area contributed by atoms with Crippen LogP contribution in [0, 0.1) is 0 Å². The Kier molecular flexibility index (Phi) is 6.27. The first-order valence-electron chi connectivity index (χ1n) is 8.37. The second kappa shape index (κ2) is 7.18. The molecule has 0 aliphatic heterocycles. The molecule has 5 nitrogen and oxygen atoms in total. The molecule has 0 aromatic rings. The number of amides is 1. The van der Waals surface area contributed by atoms with E-state index in [4.69, 9.17) is 4.74 Å². The van der Waals surface area contributed by atoms with E-state index >= 15 is 0 Å². The van der Waals surface area contributed by atoms with E-state index in [1.54, 1.807) is 4.90 Å². The maximum Gasteiger partial charge on any atom is 0.410 e. The molecule has 130 valence electrons. The van der Waals surface area contributed by atoms with Gasteiger partial charge in [0, 0.05) is 25.2 Å². The smallest absolute Gasteiger partial charge is 0.410 e. The number of nitrogens with one attached hydrogen (secondary N) is 1. The first-order chi connectivity index (χ1) is 9.93. The number of hydrogen-bond donors (Lipinski definition) is 2. The quantitative estimate of drug-likeness (QED) is 0.766. The maximum absolute atomic E-state index is 12.3. The lowest BCUT2D eigenvalue weighted by atomic mass is 10.0. The third kappa shape index (κ3) is 6.53. The van der Waals surface area contributed by atoms with Crippen LogP contribution in [-0.2, 0) is 4.74 Å². The summed E-state index contributed by atoms with van der Waals surface area (Å²) in [6, 6.07) is 0. The first-order valence-corrected chi connectivity index (χ1v) is 8.37. The molecule has 5 heteroatoms. The second-order valence-electron chi connectivity index (χ2n) is 8.41. The fourth-order valence-corrected chi connectivity index (χ4v) is 2.74. The zero-order valence-electron chi connectivity index (χ0n) is 15.2. The highest BCUT2D eigenvalue weighted by atomic mass is 16.6. The van der Waals surface area contributed by atoms with Crippen LogP contribution in [0.2, 0.25) is 0 Å². The van der Waals surface area contributed by atoms with Crippen molar-refractivity contribution in [1.82, 2.24) is 10.2 Å². The summed E-state index contributed by atoms with van der Waals surface area (Å²) < 4.78 is 5.49. The summed E-state index contributed by atoms with van der Waals surface area (Å²) in [6.07, 6.45) is 3.65. The predicted octanol–water partition coefficient (Wildman–Crippen LogP) is 2.92. The lowest BCUT2D eigenvalue weighted by molar-refractivity contribution is 0.00578. The fourth-order valence-electron chi connectivity index (χ4n) is 2.74. The van der Waals surface area contributed by atoms with Gasteiger partial charge in [-0.2, -0.15) is 0 Å². The molecule has 0 saturated heterocycles. The lowest BCUT2D eigenvalue weighted by Crippen LogP contribution is -2.51. The normalized spacial score (nSPS) is 18.3. The van der Waals surface area contributed by atoms with Crippen LogP contribution in [0.3, 0.4) is 0 Å². The molecule has 1 aliphatic rings. The molecule has 22 heavy (non-hydrogen) atoms. The van der Waals surface area contributed by atoms with Crippen molar-refractivity contribution in [1.29, 1.82) is 0 Å².